The van der Waals surface area contributed by atoms with Crippen LogP contribution < -0.4 is 5.32 Å². The third-order valence-corrected chi connectivity index (χ3v) is 5.66. The maximum absolute atomic E-state index is 13.0. The molecule has 0 spiro atoms. The van der Waals surface area contributed by atoms with Gasteiger partial charge in [0.15, 0.2) is 4.34 Å². The number of esters is 1. The van der Waals surface area contributed by atoms with E-state index in [0.717, 1.165) is 9.90 Å². The first kappa shape index (κ1) is 20.4. The van der Waals surface area contributed by atoms with Crippen molar-refractivity contribution in [2.45, 2.75) is 42.8 Å². The molecule has 1 N–H and O–H groups in total. The molecule has 5 nitrogen and oxygen atoms in total. The number of thioether (sulfide) groups is 1. The number of carbonyl (C=O) groups excluding carboxylic acids is 2. The second kappa shape index (κ2) is 9.68. The van der Waals surface area contributed by atoms with Crippen molar-refractivity contribution in [3.05, 3.63) is 46.7 Å². The highest BCUT2D eigenvalue weighted by molar-refractivity contribution is 8.02. The van der Waals surface area contributed by atoms with Crippen LogP contribution in [0.2, 0.25) is 0 Å². The summed E-state index contributed by atoms with van der Waals surface area (Å²) in [6.45, 7) is 5.74. The van der Waals surface area contributed by atoms with E-state index in [0.29, 0.717) is 12.3 Å². The molecular weight excluding hydrogens is 375 g/mol. The van der Waals surface area contributed by atoms with Crippen molar-refractivity contribution >= 4 is 35.0 Å². The van der Waals surface area contributed by atoms with Gasteiger partial charge in [0.2, 0.25) is 5.91 Å². The fraction of sp³-hybridized carbons (Fsp3) is 0.389. The number of carbonyl (C=O) groups is 2. The molecule has 1 aromatic carbocycles. The van der Waals surface area contributed by atoms with E-state index in [1.165, 1.54) is 35.2 Å². The molecule has 0 aliphatic heterocycles. The van der Waals surface area contributed by atoms with Crippen molar-refractivity contribution in [2.24, 2.45) is 0 Å². The Hall–Kier alpha value is -1.93. The minimum atomic E-state index is -0.348. The molecule has 8 heteroatoms. The summed E-state index contributed by atoms with van der Waals surface area (Å²) in [5.41, 5.74) is 1.48. The molecule has 26 heavy (non-hydrogen) atoms. The van der Waals surface area contributed by atoms with E-state index < -0.39 is 0 Å². The monoisotopic (exact) mass is 396 g/mol. The van der Waals surface area contributed by atoms with Gasteiger partial charge in [-0.3, -0.25) is 9.59 Å². The Morgan fingerprint density at radius 2 is 2.00 bits per heavy atom. The number of aromatic nitrogens is 1. The van der Waals surface area contributed by atoms with Gasteiger partial charge in [0, 0.05) is 5.38 Å². The van der Waals surface area contributed by atoms with Crippen LogP contribution in [0.4, 0.5) is 4.39 Å². The van der Waals surface area contributed by atoms with Gasteiger partial charge in [-0.1, -0.05) is 23.9 Å². The maximum Gasteiger partial charge on any atom is 0.311 e. The van der Waals surface area contributed by atoms with Crippen molar-refractivity contribution < 1.29 is 18.7 Å². The number of nitrogens with one attached hydrogen (secondary N) is 1. The van der Waals surface area contributed by atoms with Crippen LogP contribution in [0.15, 0.2) is 34.0 Å². The molecule has 140 valence electrons. The number of hydrogen-bond acceptors (Lipinski definition) is 6. The van der Waals surface area contributed by atoms with Gasteiger partial charge in [0.1, 0.15) is 5.82 Å². The molecule has 2 rings (SSSR count). The minimum Gasteiger partial charge on any atom is -0.466 e. The van der Waals surface area contributed by atoms with Crippen LogP contribution in [-0.2, 0) is 20.7 Å². The van der Waals surface area contributed by atoms with E-state index in [4.69, 9.17) is 4.74 Å². The number of ether oxygens (including phenoxy) is 1. The molecule has 0 bridgehead atoms. The zero-order chi connectivity index (χ0) is 19.1. The second-order valence-corrected chi connectivity index (χ2v) is 8.07. The van der Waals surface area contributed by atoms with E-state index in [1.807, 2.05) is 6.92 Å². The SMILES string of the molecule is CCOC(=O)Cc1csc(S[C@H](C)C(=O)N[C@@H](C)c2ccc(F)cc2)n1. The van der Waals surface area contributed by atoms with Crippen LogP contribution in [0.1, 0.15) is 38.1 Å². The highest BCUT2D eigenvalue weighted by Gasteiger charge is 2.19. The van der Waals surface area contributed by atoms with Crippen LogP contribution in [0.3, 0.4) is 0 Å². The lowest BCUT2D eigenvalue weighted by atomic mass is 10.1. The molecule has 0 radical (unpaired) electrons. The zero-order valence-corrected chi connectivity index (χ0v) is 16.5. The number of amides is 1. The first-order valence-electron chi connectivity index (χ1n) is 8.21. The van der Waals surface area contributed by atoms with Crippen LogP contribution in [0.5, 0.6) is 0 Å². The largest absolute Gasteiger partial charge is 0.466 e. The maximum atomic E-state index is 13.0. The van der Waals surface area contributed by atoms with Crippen LogP contribution in [-0.4, -0.2) is 28.7 Å². The first-order chi connectivity index (χ1) is 12.4. The van der Waals surface area contributed by atoms with Gasteiger partial charge >= 0.3 is 5.97 Å². The van der Waals surface area contributed by atoms with E-state index in [9.17, 15) is 14.0 Å². The second-order valence-electron chi connectivity index (χ2n) is 5.63. The molecule has 0 unspecified atom stereocenters. The summed E-state index contributed by atoms with van der Waals surface area (Å²) >= 11 is 2.73. The van der Waals surface area contributed by atoms with Crippen LogP contribution >= 0.6 is 23.1 Å². The summed E-state index contributed by atoms with van der Waals surface area (Å²) in [6.07, 6.45) is 0.132. The summed E-state index contributed by atoms with van der Waals surface area (Å²) < 4.78 is 18.6. The summed E-state index contributed by atoms with van der Waals surface area (Å²) in [7, 11) is 0. The lowest BCUT2D eigenvalue weighted by Crippen LogP contribution is -2.33. The molecule has 1 heterocycles. The van der Waals surface area contributed by atoms with E-state index in [2.05, 4.69) is 10.3 Å². The number of hydrogen-bond donors (Lipinski definition) is 1. The van der Waals surface area contributed by atoms with Gasteiger partial charge < -0.3 is 10.1 Å². The Kier molecular flexibility index (Phi) is 7.59. The third-order valence-electron chi connectivity index (χ3n) is 3.54. The van der Waals surface area contributed by atoms with Gasteiger partial charge in [-0.15, -0.1) is 11.3 Å². The summed E-state index contributed by atoms with van der Waals surface area (Å²) in [4.78, 5) is 28.2. The number of thiazole rings is 1. The highest BCUT2D eigenvalue weighted by Crippen LogP contribution is 2.27. The van der Waals surface area contributed by atoms with Gasteiger partial charge in [-0.2, -0.15) is 0 Å². The van der Waals surface area contributed by atoms with Crippen molar-refractivity contribution in [1.82, 2.24) is 10.3 Å². The molecule has 0 fully saturated rings. The molecular formula is C18H21FN2O3S2. The summed E-state index contributed by atoms with van der Waals surface area (Å²) in [6, 6.07) is 5.83. The number of rotatable bonds is 8. The smallest absolute Gasteiger partial charge is 0.311 e. The van der Waals surface area contributed by atoms with Crippen molar-refractivity contribution in [3.8, 4) is 0 Å². The normalized spacial score (nSPS) is 13.1. The molecule has 1 aromatic heterocycles. The third kappa shape index (κ3) is 6.10. The van der Waals surface area contributed by atoms with E-state index in [-0.39, 0.29) is 35.4 Å². The van der Waals surface area contributed by atoms with Crippen LogP contribution in [0.25, 0.3) is 0 Å². The lowest BCUT2D eigenvalue weighted by molar-refractivity contribution is -0.142. The molecule has 0 saturated heterocycles. The zero-order valence-electron chi connectivity index (χ0n) is 14.8. The van der Waals surface area contributed by atoms with Crippen molar-refractivity contribution in [1.29, 1.82) is 0 Å². The van der Waals surface area contributed by atoms with Crippen molar-refractivity contribution in [3.63, 3.8) is 0 Å². The lowest BCUT2D eigenvalue weighted by Gasteiger charge is -2.17. The molecule has 0 saturated carbocycles. The van der Waals surface area contributed by atoms with Gasteiger partial charge in [-0.25, -0.2) is 9.37 Å². The standard InChI is InChI=1S/C18H21FN2O3S2/c1-4-24-16(22)9-15-10-25-18(21-15)26-12(3)17(23)20-11(2)13-5-7-14(19)8-6-13/h5-8,10-12H,4,9H2,1-3H3,(H,20,23)/t11-,12+/m0/s1. The summed E-state index contributed by atoms with van der Waals surface area (Å²) in [5, 5.41) is 4.36. The van der Waals surface area contributed by atoms with Crippen LogP contribution in [0, 0.1) is 5.82 Å². The quantitative estimate of drug-likeness (QED) is 0.544. The predicted octanol–water partition coefficient (Wildman–Crippen LogP) is 3.75. The average Bonchev–Trinajstić information content (AvgIpc) is 3.02. The number of halogens is 1. The Balaban J connectivity index is 1.87. The summed E-state index contributed by atoms with van der Waals surface area (Å²) in [5.74, 6) is -0.749. The Labute approximate surface area is 160 Å². The van der Waals surface area contributed by atoms with Gasteiger partial charge in [-0.05, 0) is 38.5 Å². The van der Waals surface area contributed by atoms with Crippen molar-refractivity contribution in [2.75, 3.05) is 6.61 Å². The van der Waals surface area contributed by atoms with Gasteiger partial charge in [0.05, 0.1) is 30.0 Å². The molecule has 1 amide bonds. The first-order valence-corrected chi connectivity index (χ1v) is 9.97. The average molecular weight is 397 g/mol. The Bertz CT molecular complexity index is 749. The number of nitrogens with zero attached hydrogens (tertiary/aromatic N) is 1. The minimum absolute atomic E-state index is 0.131. The van der Waals surface area contributed by atoms with E-state index in [1.54, 1.807) is 31.4 Å². The van der Waals surface area contributed by atoms with Gasteiger partial charge in [0.25, 0.3) is 0 Å². The Morgan fingerprint density at radius 3 is 2.65 bits per heavy atom. The fourth-order valence-corrected chi connectivity index (χ4v) is 4.14. The molecule has 0 aliphatic carbocycles. The number of benzene rings is 1. The topological polar surface area (TPSA) is 68.3 Å². The molecule has 2 aromatic rings. The van der Waals surface area contributed by atoms with E-state index >= 15 is 0 Å². The Morgan fingerprint density at radius 1 is 1.31 bits per heavy atom. The molecule has 2 atom stereocenters. The predicted molar refractivity (Wildman–Crippen MR) is 101 cm³/mol. The highest BCUT2D eigenvalue weighted by atomic mass is 32.2. The molecule has 0 aliphatic rings. The fourth-order valence-electron chi connectivity index (χ4n) is 2.15.